The van der Waals surface area contributed by atoms with Gasteiger partial charge < -0.3 is 14.8 Å². The van der Waals surface area contributed by atoms with Crippen LogP contribution < -0.4 is 10.3 Å². The molecule has 0 aliphatic heterocycles. The van der Waals surface area contributed by atoms with E-state index >= 15 is 0 Å². The predicted octanol–water partition coefficient (Wildman–Crippen LogP) is 3.82. The van der Waals surface area contributed by atoms with Gasteiger partial charge in [-0.1, -0.05) is 19.1 Å². The summed E-state index contributed by atoms with van der Waals surface area (Å²) in [5, 5.41) is 12.7. The largest absolute Gasteiger partial charge is 0.496 e. The van der Waals surface area contributed by atoms with Gasteiger partial charge in [-0.2, -0.15) is 0 Å². The zero-order chi connectivity index (χ0) is 21.5. The van der Waals surface area contributed by atoms with E-state index in [1.807, 2.05) is 17.5 Å². The van der Waals surface area contributed by atoms with E-state index in [1.54, 1.807) is 44.4 Å². The minimum atomic E-state index is -3.50. The van der Waals surface area contributed by atoms with Crippen molar-refractivity contribution in [2.24, 2.45) is 5.92 Å². The van der Waals surface area contributed by atoms with Crippen molar-refractivity contribution in [2.75, 3.05) is 19.5 Å². The van der Waals surface area contributed by atoms with Gasteiger partial charge in [0.15, 0.2) is 9.84 Å². The Kier molecular flexibility index (Phi) is 5.40. The molecule has 0 amide bonds. The average molecular weight is 444 g/mol. The summed E-state index contributed by atoms with van der Waals surface area (Å²) in [6, 6.07) is 12.2. The fourth-order valence-electron chi connectivity index (χ4n) is 3.64. The Morgan fingerprint density at radius 2 is 1.87 bits per heavy atom. The van der Waals surface area contributed by atoms with Crippen molar-refractivity contribution in [1.82, 2.24) is 4.98 Å². The highest BCUT2D eigenvalue weighted by molar-refractivity contribution is 7.91. The van der Waals surface area contributed by atoms with Gasteiger partial charge in [0.05, 0.1) is 17.8 Å². The van der Waals surface area contributed by atoms with Crippen molar-refractivity contribution in [1.29, 1.82) is 0 Å². The highest BCUT2D eigenvalue weighted by Gasteiger charge is 2.20. The van der Waals surface area contributed by atoms with E-state index < -0.39 is 9.84 Å². The van der Waals surface area contributed by atoms with Crippen molar-refractivity contribution in [3.05, 3.63) is 58.2 Å². The molecule has 0 radical (unpaired) electrons. The lowest BCUT2D eigenvalue weighted by molar-refractivity contribution is 0.249. The van der Waals surface area contributed by atoms with Crippen LogP contribution in [0.1, 0.15) is 6.92 Å². The molecule has 0 aliphatic carbocycles. The number of fused-ring (bicyclic) bond motifs is 3. The van der Waals surface area contributed by atoms with E-state index in [0.29, 0.717) is 16.0 Å². The average Bonchev–Trinajstić information content (AvgIpc) is 3.23. The Morgan fingerprint density at radius 3 is 2.53 bits per heavy atom. The maximum atomic E-state index is 12.6. The first-order valence-corrected chi connectivity index (χ1v) is 11.9. The van der Waals surface area contributed by atoms with E-state index in [-0.39, 0.29) is 28.7 Å². The smallest absolute Gasteiger partial charge is 0.266 e. The number of thiophene rings is 1. The molecule has 1 unspecified atom stereocenters. The van der Waals surface area contributed by atoms with Crippen LogP contribution in [0.15, 0.2) is 57.5 Å². The lowest BCUT2D eigenvalue weighted by Gasteiger charge is -2.14. The Morgan fingerprint density at radius 1 is 1.13 bits per heavy atom. The molecule has 2 aromatic heterocycles. The number of aliphatic hydroxyl groups is 1. The molecular formula is C22H21NO5S2. The lowest BCUT2D eigenvalue weighted by atomic mass is 9.97. The molecule has 2 N–H and O–H groups in total. The topological polar surface area (TPSA) is 96.5 Å². The Labute approximate surface area is 177 Å². The third-order valence-electron chi connectivity index (χ3n) is 5.09. The van der Waals surface area contributed by atoms with Crippen molar-refractivity contribution in [3.63, 3.8) is 0 Å². The summed E-state index contributed by atoms with van der Waals surface area (Å²) in [6.07, 6.45) is 0. The monoisotopic (exact) mass is 443 g/mol. The molecule has 4 aromatic rings. The maximum absolute atomic E-state index is 12.6. The number of aromatic amines is 1. The molecule has 2 heterocycles. The first-order chi connectivity index (χ1) is 14.4. The van der Waals surface area contributed by atoms with Crippen LogP contribution in [-0.4, -0.2) is 38.0 Å². The van der Waals surface area contributed by atoms with Gasteiger partial charge in [-0.3, -0.25) is 4.79 Å². The molecule has 8 heteroatoms. The second kappa shape index (κ2) is 7.86. The van der Waals surface area contributed by atoms with Gasteiger partial charge >= 0.3 is 0 Å². The third kappa shape index (κ3) is 3.51. The van der Waals surface area contributed by atoms with Crippen LogP contribution in [-0.2, 0) is 9.84 Å². The SMILES string of the molecule is COc1ccc2[nH]c(=O)c3sccc3c2c1-c1ccc(S(=O)(=O)CC(C)CO)cc1. The maximum Gasteiger partial charge on any atom is 0.266 e. The number of benzene rings is 2. The number of hydrogen-bond acceptors (Lipinski definition) is 6. The summed E-state index contributed by atoms with van der Waals surface area (Å²) in [6.45, 7) is 1.51. The van der Waals surface area contributed by atoms with E-state index in [9.17, 15) is 18.3 Å². The molecule has 4 rings (SSSR count). The molecule has 30 heavy (non-hydrogen) atoms. The van der Waals surface area contributed by atoms with Gasteiger partial charge in [-0.15, -0.1) is 11.3 Å². The van der Waals surface area contributed by atoms with E-state index in [4.69, 9.17) is 4.74 Å². The molecule has 0 fully saturated rings. The summed E-state index contributed by atoms with van der Waals surface area (Å²) in [4.78, 5) is 15.5. The van der Waals surface area contributed by atoms with Crippen molar-refractivity contribution in [3.8, 4) is 16.9 Å². The molecule has 1 atom stereocenters. The van der Waals surface area contributed by atoms with Gasteiger partial charge in [0, 0.05) is 28.5 Å². The van der Waals surface area contributed by atoms with Crippen LogP contribution in [0, 0.1) is 5.92 Å². The first-order valence-electron chi connectivity index (χ1n) is 9.40. The first kappa shape index (κ1) is 20.6. The molecule has 0 spiro atoms. The Hall–Kier alpha value is -2.68. The summed E-state index contributed by atoms with van der Waals surface area (Å²) in [7, 11) is -1.92. The fraction of sp³-hybridized carbons (Fsp3) is 0.227. The minimum Gasteiger partial charge on any atom is -0.496 e. The van der Waals surface area contributed by atoms with Gasteiger partial charge in [0.2, 0.25) is 0 Å². The van der Waals surface area contributed by atoms with Crippen LogP contribution in [0.2, 0.25) is 0 Å². The summed E-state index contributed by atoms with van der Waals surface area (Å²) in [5.41, 5.74) is 2.13. The number of aromatic nitrogens is 1. The number of sulfone groups is 1. The minimum absolute atomic E-state index is 0.114. The van der Waals surface area contributed by atoms with E-state index in [2.05, 4.69) is 4.98 Å². The molecule has 6 nitrogen and oxygen atoms in total. The zero-order valence-electron chi connectivity index (χ0n) is 16.5. The Balaban J connectivity index is 1.91. The summed E-state index contributed by atoms with van der Waals surface area (Å²) in [5.74, 6) is 0.181. The normalized spacial score (nSPS) is 13.0. The quantitative estimate of drug-likeness (QED) is 0.472. The molecule has 2 aromatic carbocycles. The van der Waals surface area contributed by atoms with Crippen LogP contribution in [0.25, 0.3) is 32.1 Å². The van der Waals surface area contributed by atoms with E-state index in [0.717, 1.165) is 21.9 Å². The molecule has 0 bridgehead atoms. The number of H-pyrrole nitrogens is 1. The van der Waals surface area contributed by atoms with E-state index in [1.165, 1.54) is 11.3 Å². The van der Waals surface area contributed by atoms with Crippen LogP contribution in [0.3, 0.4) is 0 Å². The van der Waals surface area contributed by atoms with Gasteiger partial charge in [-0.05, 0) is 47.2 Å². The number of hydrogen-bond donors (Lipinski definition) is 2. The summed E-state index contributed by atoms with van der Waals surface area (Å²) < 4.78 is 31.4. The number of aliphatic hydroxyl groups excluding tert-OH is 1. The number of nitrogens with one attached hydrogen (secondary N) is 1. The van der Waals surface area contributed by atoms with Crippen molar-refractivity contribution in [2.45, 2.75) is 11.8 Å². The van der Waals surface area contributed by atoms with Crippen molar-refractivity contribution < 1.29 is 18.3 Å². The van der Waals surface area contributed by atoms with Crippen LogP contribution >= 0.6 is 11.3 Å². The lowest BCUT2D eigenvalue weighted by Crippen LogP contribution is -2.16. The second-order valence-electron chi connectivity index (χ2n) is 7.28. The standard InChI is InChI=1S/C22H21NO5S2/c1-13(11-24)12-30(26,27)15-5-3-14(4-6-15)19-18(28-2)8-7-17-20(19)16-9-10-29-21(16)22(25)23-17/h3-10,13,24H,11-12H2,1-2H3,(H,23,25). The number of pyridine rings is 1. The number of methoxy groups -OCH3 is 1. The van der Waals surface area contributed by atoms with Gasteiger partial charge in [0.25, 0.3) is 5.56 Å². The van der Waals surface area contributed by atoms with Crippen LogP contribution in [0.4, 0.5) is 0 Å². The molecule has 0 saturated carbocycles. The Bertz CT molecular complexity index is 1390. The van der Waals surface area contributed by atoms with Gasteiger partial charge in [0.1, 0.15) is 10.4 Å². The number of ether oxygens (including phenoxy) is 1. The van der Waals surface area contributed by atoms with Gasteiger partial charge in [-0.25, -0.2) is 8.42 Å². The summed E-state index contributed by atoms with van der Waals surface area (Å²) >= 11 is 1.38. The third-order valence-corrected chi connectivity index (χ3v) is 8.01. The second-order valence-corrected chi connectivity index (χ2v) is 10.2. The molecular weight excluding hydrogens is 422 g/mol. The zero-order valence-corrected chi connectivity index (χ0v) is 18.1. The predicted molar refractivity (Wildman–Crippen MR) is 120 cm³/mol. The molecule has 0 aliphatic rings. The highest BCUT2D eigenvalue weighted by Crippen LogP contribution is 2.40. The molecule has 156 valence electrons. The van der Waals surface area contributed by atoms with Crippen molar-refractivity contribution >= 4 is 42.2 Å². The highest BCUT2D eigenvalue weighted by atomic mass is 32.2. The van der Waals surface area contributed by atoms with Crippen LogP contribution in [0.5, 0.6) is 5.75 Å². The molecule has 0 saturated heterocycles. The fourth-order valence-corrected chi connectivity index (χ4v) is 6.03. The number of rotatable bonds is 6.